The van der Waals surface area contributed by atoms with E-state index in [9.17, 15) is 0 Å². The molecule has 0 heterocycles. The van der Waals surface area contributed by atoms with Gasteiger partial charge in [-0.15, -0.1) is 0 Å². The first-order valence-corrected chi connectivity index (χ1v) is 0. The van der Waals surface area contributed by atoms with Crippen molar-refractivity contribution in [1.29, 1.82) is 0 Å². The van der Waals surface area contributed by atoms with Crippen LogP contribution in [0.5, 0.6) is 0 Å². The van der Waals surface area contributed by atoms with Crippen LogP contribution in [0, 0.1) is 0 Å². The van der Waals surface area contributed by atoms with Crippen LogP contribution in [0.1, 0.15) is 0 Å². The quantitative estimate of drug-likeness (QED) is 0.315. The molecule has 7 heavy (non-hydrogen) atoms. The van der Waals surface area contributed by atoms with Crippen LogP contribution in [0.15, 0.2) is 0 Å². The van der Waals surface area contributed by atoms with Crippen LogP contribution in [-0.2, 0) is 56.6 Å². The van der Waals surface area contributed by atoms with Gasteiger partial charge in [0.1, 0.15) is 0 Å². The molecule has 3 nitrogen and oxygen atoms in total. The fourth-order valence-electron chi connectivity index (χ4n) is 0. The Hall–Kier alpha value is 2.92. The summed E-state index contributed by atoms with van der Waals surface area (Å²) in [4.78, 5) is 0. The van der Waals surface area contributed by atoms with E-state index in [0.717, 1.165) is 0 Å². The molecule has 0 saturated carbocycles. The molecule has 0 aromatic carbocycles. The predicted octanol–water partition coefficient (Wildman–Crippen LogP) is -1.12. The van der Waals surface area contributed by atoms with Crippen molar-refractivity contribution in [3.63, 3.8) is 0 Å². The molecule has 0 spiro atoms. The van der Waals surface area contributed by atoms with Gasteiger partial charge in [0.25, 0.3) is 0 Å². The Bertz CT molecular complexity index is 10.9. The molecule has 0 rings (SSSR count). The minimum atomic E-state index is 0. The Balaban J connectivity index is 0. The van der Waals surface area contributed by atoms with Gasteiger partial charge in [-0.2, -0.15) is 0 Å². The fraction of sp³-hybridized carbons (Fsp3) is 0. The van der Waals surface area contributed by atoms with Gasteiger partial charge >= 0.3 is 51.7 Å². The van der Waals surface area contributed by atoms with E-state index in [1.165, 1.54) is 0 Å². The van der Waals surface area contributed by atoms with E-state index in [0.29, 0.717) is 0 Å². The van der Waals surface area contributed by atoms with Gasteiger partial charge in [0.2, 0.25) is 0 Å². The molecule has 0 amide bonds. The topological polar surface area (TPSA) is 85.5 Å². The second-order valence-corrected chi connectivity index (χ2v) is 0. The third-order valence-electron chi connectivity index (χ3n) is 0. The largest absolute Gasteiger partial charge is 3.00 e. The summed E-state index contributed by atoms with van der Waals surface area (Å²) in [5.74, 6) is 0. The Kier molecular flexibility index (Phi) is 868. The molecule has 0 bridgehead atoms. The van der Waals surface area contributed by atoms with E-state index in [1.807, 2.05) is 0 Å². The molecule has 0 aromatic heterocycles. The predicted molar refractivity (Wildman–Crippen MR) is 13.6 cm³/mol. The molecule has 0 N–H and O–H groups in total. The zero-order chi connectivity index (χ0) is 0. The molecule has 7 heteroatoms. The van der Waals surface area contributed by atoms with Gasteiger partial charge in [0, 0.05) is 40.2 Å². The van der Waals surface area contributed by atoms with Gasteiger partial charge in [-0.25, -0.2) is 0 Å². The molecule has 0 unspecified atom stereocenters. The number of hydrogen-bond donors (Lipinski definition) is 0. The van der Waals surface area contributed by atoms with Crippen LogP contribution in [0.3, 0.4) is 0 Å². The Labute approximate surface area is 107 Å². The second kappa shape index (κ2) is 65.6. The molecule has 0 atom stereocenters. The van der Waals surface area contributed by atoms with Crippen molar-refractivity contribution in [2.24, 2.45) is 0 Å². The SMILES string of the molecule is [In+3].[In+3].[Ir].[Ir].[O-2].[O-2].[O-2]. The van der Waals surface area contributed by atoms with Crippen LogP contribution in [0.2, 0.25) is 0 Å². The van der Waals surface area contributed by atoms with Gasteiger partial charge in [-0.1, -0.05) is 0 Å². The van der Waals surface area contributed by atoms with Gasteiger partial charge in [-0.3, -0.25) is 0 Å². The van der Waals surface area contributed by atoms with E-state index in [4.69, 9.17) is 0 Å². The molecule has 0 aromatic rings. The van der Waals surface area contributed by atoms with Crippen molar-refractivity contribution in [3.05, 3.63) is 0 Å². The van der Waals surface area contributed by atoms with E-state index in [1.54, 1.807) is 0 Å². The summed E-state index contributed by atoms with van der Waals surface area (Å²) in [6, 6.07) is 0. The van der Waals surface area contributed by atoms with E-state index in [2.05, 4.69) is 0 Å². The molecular formula is In2Ir2O3. The molecule has 0 saturated heterocycles. The molecule has 0 fully saturated rings. The fourth-order valence-corrected chi connectivity index (χ4v) is 0. The van der Waals surface area contributed by atoms with Crippen molar-refractivity contribution in [2.75, 3.05) is 0 Å². The number of rotatable bonds is 0. The normalized spacial score (nSPS) is 0. The first-order valence-electron chi connectivity index (χ1n) is 0. The zero-order valence-corrected chi connectivity index (χ0v) is 14.4. The Morgan fingerprint density at radius 3 is 0.429 bits per heavy atom. The van der Waals surface area contributed by atoms with Crippen molar-refractivity contribution in [2.45, 2.75) is 0 Å². The van der Waals surface area contributed by atoms with E-state index in [-0.39, 0.29) is 108 Å². The van der Waals surface area contributed by atoms with Crippen molar-refractivity contribution >= 4 is 51.7 Å². The van der Waals surface area contributed by atoms with Crippen LogP contribution in [0.25, 0.3) is 0 Å². The van der Waals surface area contributed by atoms with E-state index >= 15 is 0 Å². The second-order valence-electron chi connectivity index (χ2n) is 0. The maximum Gasteiger partial charge on any atom is 3.00 e. The average molecular weight is 662 g/mol. The van der Waals surface area contributed by atoms with Gasteiger partial charge in [0.15, 0.2) is 0 Å². The molecule has 0 aliphatic carbocycles. The van der Waals surface area contributed by atoms with E-state index < -0.39 is 0 Å². The number of hydrogen-bond acceptors (Lipinski definition) is 0. The minimum absolute atomic E-state index is 0. The summed E-state index contributed by atoms with van der Waals surface area (Å²) in [7, 11) is 0. The maximum atomic E-state index is 0. The first kappa shape index (κ1) is 92.6. The van der Waals surface area contributed by atoms with Crippen LogP contribution in [-0.4, -0.2) is 51.7 Å². The Morgan fingerprint density at radius 1 is 0.429 bits per heavy atom. The van der Waals surface area contributed by atoms with Gasteiger partial charge in [-0.05, 0) is 0 Å². The maximum absolute atomic E-state index is 0. The van der Waals surface area contributed by atoms with Crippen LogP contribution >= 0.6 is 0 Å². The average Bonchev–Trinajstić information content (AvgIpc) is 0. The summed E-state index contributed by atoms with van der Waals surface area (Å²) in [6.07, 6.45) is 0. The molecule has 0 aliphatic heterocycles. The summed E-state index contributed by atoms with van der Waals surface area (Å²) in [5, 5.41) is 0. The third kappa shape index (κ3) is 50.1. The summed E-state index contributed by atoms with van der Waals surface area (Å²) < 4.78 is 0. The van der Waals surface area contributed by atoms with Crippen molar-refractivity contribution in [3.8, 4) is 0 Å². The Morgan fingerprint density at radius 2 is 0.429 bits per heavy atom. The smallest absolute Gasteiger partial charge is 2.00 e. The van der Waals surface area contributed by atoms with Crippen molar-refractivity contribution in [1.82, 2.24) is 0 Å². The molecular weight excluding hydrogens is 662 g/mol. The first-order chi connectivity index (χ1) is 0. The standard InChI is InChI=1S/2In.2Ir.3O/q2*+3;;;3*-2. The third-order valence-corrected chi connectivity index (χ3v) is 0. The van der Waals surface area contributed by atoms with Crippen LogP contribution < -0.4 is 0 Å². The molecule has 42 valence electrons. The van der Waals surface area contributed by atoms with Gasteiger partial charge < -0.3 is 16.4 Å². The van der Waals surface area contributed by atoms with Crippen LogP contribution in [0.4, 0.5) is 0 Å². The minimum Gasteiger partial charge on any atom is -2.00 e. The summed E-state index contributed by atoms with van der Waals surface area (Å²) in [6.45, 7) is 0. The monoisotopic (exact) mass is 664 g/mol. The van der Waals surface area contributed by atoms with Crippen molar-refractivity contribution < 1.29 is 56.6 Å². The molecule has 2 radical (unpaired) electrons. The molecule has 0 aliphatic rings. The van der Waals surface area contributed by atoms with Gasteiger partial charge in [0.05, 0.1) is 0 Å². The zero-order valence-electron chi connectivity index (χ0n) is 3.05. The summed E-state index contributed by atoms with van der Waals surface area (Å²) in [5.41, 5.74) is 0. The summed E-state index contributed by atoms with van der Waals surface area (Å²) >= 11 is 0.